The number of halogens is 2. The standard InChI is InChI=1S/C19H19ClFN5/c20-16-6-3-7-17(21)15(16)12-26-19(23-13-24-26)18(25-9-1-2-10-25)14-5-4-8-22-11-14/h3-8,11,13,18H,1-2,9-10,12H2/t18-/m0/s1. The fourth-order valence-electron chi connectivity index (χ4n) is 3.50. The summed E-state index contributed by atoms with van der Waals surface area (Å²) in [5.74, 6) is 0.442. The second-order valence-electron chi connectivity index (χ2n) is 6.41. The Balaban J connectivity index is 1.73. The number of aromatic nitrogens is 4. The third-order valence-corrected chi connectivity index (χ3v) is 5.12. The lowest BCUT2D eigenvalue weighted by Crippen LogP contribution is -2.29. The van der Waals surface area contributed by atoms with Crippen molar-refractivity contribution in [3.05, 3.63) is 76.8 Å². The molecule has 1 atom stereocenters. The van der Waals surface area contributed by atoms with E-state index in [1.807, 2.05) is 18.3 Å². The van der Waals surface area contributed by atoms with Gasteiger partial charge in [0, 0.05) is 23.0 Å². The molecule has 134 valence electrons. The van der Waals surface area contributed by atoms with Gasteiger partial charge in [0.15, 0.2) is 0 Å². The van der Waals surface area contributed by atoms with E-state index in [1.54, 1.807) is 23.0 Å². The fraction of sp³-hybridized carbons (Fsp3) is 0.316. The zero-order chi connectivity index (χ0) is 17.9. The molecule has 0 bridgehead atoms. The van der Waals surface area contributed by atoms with Gasteiger partial charge in [0.25, 0.3) is 0 Å². The van der Waals surface area contributed by atoms with Gasteiger partial charge in [-0.15, -0.1) is 0 Å². The summed E-state index contributed by atoms with van der Waals surface area (Å²) in [5, 5.41) is 4.74. The van der Waals surface area contributed by atoms with Crippen LogP contribution in [-0.2, 0) is 6.54 Å². The summed E-state index contributed by atoms with van der Waals surface area (Å²) in [6.45, 7) is 2.23. The highest BCUT2D eigenvalue weighted by Crippen LogP contribution is 2.30. The van der Waals surface area contributed by atoms with Crippen LogP contribution in [0.15, 0.2) is 49.1 Å². The quantitative estimate of drug-likeness (QED) is 0.686. The second-order valence-corrected chi connectivity index (χ2v) is 6.82. The topological polar surface area (TPSA) is 46.8 Å². The summed E-state index contributed by atoms with van der Waals surface area (Å²) in [7, 11) is 0. The Morgan fingerprint density at radius 2 is 2.00 bits per heavy atom. The Kier molecular flexibility index (Phi) is 4.95. The predicted molar refractivity (Wildman–Crippen MR) is 97.4 cm³/mol. The van der Waals surface area contributed by atoms with Crippen molar-refractivity contribution in [2.45, 2.75) is 25.4 Å². The van der Waals surface area contributed by atoms with Crippen LogP contribution in [0.25, 0.3) is 0 Å². The summed E-state index contributed by atoms with van der Waals surface area (Å²) in [5.41, 5.74) is 1.48. The molecule has 1 aliphatic heterocycles. The molecular formula is C19H19ClFN5. The third kappa shape index (κ3) is 3.34. The Hall–Kier alpha value is -2.31. The highest BCUT2D eigenvalue weighted by atomic mass is 35.5. The van der Waals surface area contributed by atoms with E-state index in [9.17, 15) is 4.39 Å². The molecule has 1 aromatic carbocycles. The summed E-state index contributed by atoms with van der Waals surface area (Å²) < 4.78 is 16.0. The Morgan fingerprint density at radius 1 is 1.15 bits per heavy atom. The fourth-order valence-corrected chi connectivity index (χ4v) is 3.72. The zero-order valence-electron chi connectivity index (χ0n) is 14.2. The van der Waals surface area contributed by atoms with Gasteiger partial charge >= 0.3 is 0 Å². The number of likely N-dealkylation sites (tertiary alicyclic amines) is 1. The lowest BCUT2D eigenvalue weighted by atomic mass is 10.1. The first-order valence-corrected chi connectivity index (χ1v) is 9.06. The highest BCUT2D eigenvalue weighted by molar-refractivity contribution is 6.31. The van der Waals surface area contributed by atoms with Crippen molar-refractivity contribution < 1.29 is 4.39 Å². The van der Waals surface area contributed by atoms with E-state index in [1.165, 1.54) is 12.4 Å². The molecule has 5 nitrogen and oxygen atoms in total. The van der Waals surface area contributed by atoms with Crippen molar-refractivity contribution >= 4 is 11.6 Å². The maximum Gasteiger partial charge on any atom is 0.149 e. The van der Waals surface area contributed by atoms with Gasteiger partial charge in [-0.3, -0.25) is 9.88 Å². The van der Waals surface area contributed by atoms with Crippen molar-refractivity contribution in [2.24, 2.45) is 0 Å². The van der Waals surface area contributed by atoms with Crippen LogP contribution in [0, 0.1) is 5.82 Å². The van der Waals surface area contributed by atoms with Gasteiger partial charge in [0.05, 0.1) is 12.6 Å². The molecule has 0 radical (unpaired) electrons. The molecule has 0 aliphatic carbocycles. The maximum absolute atomic E-state index is 14.2. The monoisotopic (exact) mass is 371 g/mol. The molecule has 3 aromatic rings. The summed E-state index contributed by atoms with van der Waals surface area (Å²) >= 11 is 6.20. The normalized spacial score (nSPS) is 16.1. The van der Waals surface area contributed by atoms with Crippen LogP contribution in [0.5, 0.6) is 0 Å². The molecule has 1 saturated heterocycles. The van der Waals surface area contributed by atoms with Crippen LogP contribution in [0.2, 0.25) is 5.02 Å². The first kappa shape index (κ1) is 17.1. The van der Waals surface area contributed by atoms with E-state index >= 15 is 0 Å². The lowest BCUT2D eigenvalue weighted by molar-refractivity contribution is 0.264. The van der Waals surface area contributed by atoms with Crippen LogP contribution in [0.1, 0.15) is 35.8 Å². The average molecular weight is 372 g/mol. The van der Waals surface area contributed by atoms with E-state index in [4.69, 9.17) is 11.6 Å². The maximum atomic E-state index is 14.2. The van der Waals surface area contributed by atoms with Gasteiger partial charge in [-0.25, -0.2) is 14.1 Å². The number of rotatable bonds is 5. The summed E-state index contributed by atoms with van der Waals surface area (Å²) in [4.78, 5) is 11.1. The number of pyridine rings is 1. The minimum absolute atomic E-state index is 0.0563. The molecule has 0 spiro atoms. The Bertz CT molecular complexity index is 856. The number of hydrogen-bond donors (Lipinski definition) is 0. The average Bonchev–Trinajstić information content (AvgIpc) is 3.33. The molecular weight excluding hydrogens is 353 g/mol. The molecule has 4 rings (SSSR count). The van der Waals surface area contributed by atoms with Crippen LogP contribution < -0.4 is 0 Å². The molecule has 0 unspecified atom stereocenters. The molecule has 0 amide bonds. The smallest absolute Gasteiger partial charge is 0.149 e. The largest absolute Gasteiger partial charge is 0.290 e. The van der Waals surface area contributed by atoms with E-state index < -0.39 is 0 Å². The van der Waals surface area contributed by atoms with Gasteiger partial charge in [-0.05, 0) is 49.7 Å². The predicted octanol–water partition coefficient (Wildman–Crippen LogP) is 3.70. The van der Waals surface area contributed by atoms with Gasteiger partial charge in [0.2, 0.25) is 0 Å². The summed E-state index contributed by atoms with van der Waals surface area (Å²) in [6.07, 6.45) is 7.45. The number of nitrogens with zero attached hydrogens (tertiary/aromatic N) is 5. The number of benzene rings is 1. The molecule has 0 N–H and O–H groups in total. The molecule has 1 aliphatic rings. The first-order valence-electron chi connectivity index (χ1n) is 8.68. The van der Waals surface area contributed by atoms with Gasteiger partial charge in [-0.1, -0.05) is 23.7 Å². The lowest BCUT2D eigenvalue weighted by Gasteiger charge is -2.27. The van der Waals surface area contributed by atoms with Crippen LogP contribution in [-0.4, -0.2) is 37.7 Å². The third-order valence-electron chi connectivity index (χ3n) is 4.77. The zero-order valence-corrected chi connectivity index (χ0v) is 15.0. The van der Waals surface area contributed by atoms with Gasteiger partial charge < -0.3 is 0 Å². The van der Waals surface area contributed by atoms with Gasteiger partial charge in [0.1, 0.15) is 18.0 Å². The van der Waals surface area contributed by atoms with E-state index in [0.717, 1.165) is 37.3 Å². The first-order chi connectivity index (χ1) is 12.7. The van der Waals surface area contributed by atoms with Crippen molar-refractivity contribution in [3.8, 4) is 0 Å². The Morgan fingerprint density at radius 3 is 2.73 bits per heavy atom. The van der Waals surface area contributed by atoms with E-state index in [0.29, 0.717) is 10.6 Å². The number of hydrogen-bond acceptors (Lipinski definition) is 4. The van der Waals surface area contributed by atoms with E-state index in [-0.39, 0.29) is 18.4 Å². The SMILES string of the molecule is Fc1cccc(Cl)c1Cn1ncnc1[C@H](c1cccnc1)N1CCCC1. The highest BCUT2D eigenvalue weighted by Gasteiger charge is 2.29. The van der Waals surface area contributed by atoms with Crippen molar-refractivity contribution in [1.29, 1.82) is 0 Å². The van der Waals surface area contributed by atoms with Crippen LogP contribution in [0.4, 0.5) is 4.39 Å². The Labute approximate surface area is 156 Å². The van der Waals surface area contributed by atoms with E-state index in [2.05, 4.69) is 20.0 Å². The van der Waals surface area contributed by atoms with Crippen LogP contribution in [0.3, 0.4) is 0 Å². The molecule has 7 heteroatoms. The molecule has 26 heavy (non-hydrogen) atoms. The molecule has 3 heterocycles. The van der Waals surface area contributed by atoms with Crippen molar-refractivity contribution in [1.82, 2.24) is 24.6 Å². The van der Waals surface area contributed by atoms with Crippen LogP contribution >= 0.6 is 11.6 Å². The van der Waals surface area contributed by atoms with Gasteiger partial charge in [-0.2, -0.15) is 5.10 Å². The summed E-state index contributed by atoms with van der Waals surface area (Å²) in [6, 6.07) is 8.62. The van der Waals surface area contributed by atoms with Crippen molar-refractivity contribution in [2.75, 3.05) is 13.1 Å². The molecule has 2 aromatic heterocycles. The molecule has 0 saturated carbocycles. The molecule has 1 fully saturated rings. The van der Waals surface area contributed by atoms with Crippen molar-refractivity contribution in [3.63, 3.8) is 0 Å². The minimum atomic E-state index is -0.335. The minimum Gasteiger partial charge on any atom is -0.290 e. The second kappa shape index (κ2) is 7.51.